The highest BCUT2D eigenvalue weighted by molar-refractivity contribution is 6.14. The molecule has 0 spiro atoms. The second kappa shape index (κ2) is 14.7. The number of rotatable bonds is 6. The molecule has 0 radical (unpaired) electrons. The summed E-state index contributed by atoms with van der Waals surface area (Å²) in [5.74, 6) is 0. The molecule has 13 rings (SSSR count). The van der Waals surface area contributed by atoms with Crippen molar-refractivity contribution in [1.29, 1.82) is 0 Å². The zero-order valence-electron chi connectivity index (χ0n) is 35.2. The van der Waals surface area contributed by atoms with Crippen LogP contribution in [0.2, 0.25) is 0 Å². The Labute approximate surface area is 372 Å². The minimum absolute atomic E-state index is 0.962. The molecule has 64 heavy (non-hydrogen) atoms. The standard InChI is InChI=1S/C62H42N2/c1-5-17-41(18-6-1)46-33-47(42-19-7-2-8-20-42)36-50(35-46)63-59-27-15-14-26-54(59)58-39-45-29-30-55-52(57(45)40-61(58)63)31-32-56-53-25-13-16-28-60(53)64(62(55)56)51-37-48(43-21-9-3-10-22-43)34-49(38-51)44-23-11-4-12-24-44/h1-28,31-40H,29-30H2. The Morgan fingerprint density at radius 2 is 0.703 bits per heavy atom. The first-order chi connectivity index (χ1) is 31.7. The van der Waals surface area contributed by atoms with E-state index < -0.39 is 0 Å². The lowest BCUT2D eigenvalue weighted by molar-refractivity contribution is 0.944. The molecule has 0 saturated carbocycles. The van der Waals surface area contributed by atoms with Crippen molar-refractivity contribution in [3.63, 3.8) is 0 Å². The maximum Gasteiger partial charge on any atom is 0.0579 e. The van der Waals surface area contributed by atoms with Gasteiger partial charge in [-0.05, 0) is 140 Å². The summed E-state index contributed by atoms with van der Waals surface area (Å²) in [7, 11) is 0. The number of aromatic nitrogens is 2. The molecule has 0 atom stereocenters. The van der Waals surface area contributed by atoms with Crippen LogP contribution in [0.1, 0.15) is 11.1 Å². The summed E-state index contributed by atoms with van der Waals surface area (Å²) < 4.78 is 5.07. The Hall–Kier alpha value is -8.20. The maximum absolute atomic E-state index is 2.56. The van der Waals surface area contributed by atoms with Gasteiger partial charge in [0.05, 0.1) is 22.1 Å². The average Bonchev–Trinajstić information content (AvgIpc) is 3.89. The van der Waals surface area contributed by atoms with Crippen LogP contribution in [-0.4, -0.2) is 9.13 Å². The smallest absolute Gasteiger partial charge is 0.0579 e. The Morgan fingerprint density at radius 3 is 1.22 bits per heavy atom. The lowest BCUT2D eigenvalue weighted by Crippen LogP contribution is -2.07. The zero-order chi connectivity index (χ0) is 42.1. The van der Waals surface area contributed by atoms with E-state index in [2.05, 4.69) is 240 Å². The molecule has 0 fully saturated rings. The molecule has 2 aromatic heterocycles. The summed E-state index contributed by atoms with van der Waals surface area (Å²) in [6, 6.07) is 85.1. The molecule has 1 aliphatic carbocycles. The van der Waals surface area contributed by atoms with Crippen LogP contribution in [0.3, 0.4) is 0 Å². The number of hydrogen-bond donors (Lipinski definition) is 0. The van der Waals surface area contributed by atoms with E-state index in [0.717, 1.165) is 18.5 Å². The van der Waals surface area contributed by atoms with Gasteiger partial charge in [-0.15, -0.1) is 0 Å². The van der Waals surface area contributed by atoms with Gasteiger partial charge in [0, 0.05) is 32.9 Å². The van der Waals surface area contributed by atoms with Crippen molar-refractivity contribution < 1.29 is 0 Å². The molecule has 1 aliphatic rings. The lowest BCUT2D eigenvalue weighted by Gasteiger charge is -2.23. The molecule has 2 nitrogen and oxygen atoms in total. The minimum atomic E-state index is 0.962. The average molecular weight is 815 g/mol. The third kappa shape index (κ3) is 5.87. The molecule has 300 valence electrons. The summed E-state index contributed by atoms with van der Waals surface area (Å²) >= 11 is 0. The van der Waals surface area contributed by atoms with Crippen LogP contribution in [0, 0.1) is 0 Å². The van der Waals surface area contributed by atoms with Crippen LogP contribution in [0.5, 0.6) is 0 Å². The number of hydrogen-bond acceptors (Lipinski definition) is 0. The van der Waals surface area contributed by atoms with Crippen molar-refractivity contribution >= 4 is 43.6 Å². The summed E-state index contributed by atoms with van der Waals surface area (Å²) in [6.45, 7) is 0. The fraction of sp³-hybridized carbons (Fsp3) is 0.0323. The Bertz CT molecular complexity index is 3620. The van der Waals surface area contributed by atoms with Gasteiger partial charge in [-0.1, -0.05) is 170 Å². The van der Waals surface area contributed by atoms with E-state index in [9.17, 15) is 0 Å². The number of nitrogens with zero attached hydrogens (tertiary/aromatic N) is 2. The second-order valence-electron chi connectivity index (χ2n) is 17.2. The molecule has 2 heteroatoms. The third-order valence-corrected chi connectivity index (χ3v) is 13.6. The van der Waals surface area contributed by atoms with Crippen LogP contribution in [0.25, 0.3) is 111 Å². The van der Waals surface area contributed by atoms with Crippen LogP contribution in [0.4, 0.5) is 0 Å². The molecule has 12 aromatic rings. The molecular formula is C62H42N2. The van der Waals surface area contributed by atoms with Gasteiger partial charge in [-0.3, -0.25) is 0 Å². The van der Waals surface area contributed by atoms with Crippen LogP contribution < -0.4 is 0 Å². The normalized spacial score (nSPS) is 12.2. The molecule has 0 saturated heterocycles. The van der Waals surface area contributed by atoms with Crippen molar-refractivity contribution in [1.82, 2.24) is 9.13 Å². The van der Waals surface area contributed by atoms with Gasteiger partial charge in [-0.2, -0.15) is 0 Å². The summed E-state index contributed by atoms with van der Waals surface area (Å²) in [6.07, 6.45) is 1.93. The fourth-order valence-electron chi connectivity index (χ4n) is 10.6. The Kier molecular flexibility index (Phi) is 8.39. The van der Waals surface area contributed by atoms with Gasteiger partial charge >= 0.3 is 0 Å². The third-order valence-electron chi connectivity index (χ3n) is 13.6. The lowest BCUT2D eigenvalue weighted by atomic mass is 9.83. The first-order valence-corrected chi connectivity index (χ1v) is 22.4. The highest BCUT2D eigenvalue weighted by Crippen LogP contribution is 2.46. The molecule has 0 bridgehead atoms. The van der Waals surface area contributed by atoms with E-state index in [0.29, 0.717) is 0 Å². The minimum Gasteiger partial charge on any atom is -0.309 e. The van der Waals surface area contributed by atoms with E-state index in [1.54, 1.807) is 0 Å². The number of fused-ring (bicyclic) bond motifs is 10. The van der Waals surface area contributed by atoms with Crippen LogP contribution in [-0.2, 0) is 12.8 Å². The Balaban J connectivity index is 1.06. The number of para-hydroxylation sites is 2. The van der Waals surface area contributed by atoms with Gasteiger partial charge in [0.15, 0.2) is 0 Å². The number of aryl methyl sites for hydroxylation is 2. The van der Waals surface area contributed by atoms with Crippen molar-refractivity contribution in [3.05, 3.63) is 242 Å². The highest BCUT2D eigenvalue weighted by atomic mass is 15.0. The molecular weight excluding hydrogens is 773 g/mol. The summed E-state index contributed by atoms with van der Waals surface area (Å²) in [5.41, 5.74) is 22.4. The van der Waals surface area contributed by atoms with Crippen molar-refractivity contribution in [2.75, 3.05) is 0 Å². The SMILES string of the molecule is c1ccc(-c2cc(-c3ccccc3)cc(-n3c4ccccc4c4cc5c(cc43)-c3ccc4c6ccccc6n(-c6cc(-c7ccccc7)cc(-c7ccccc7)c6)c4c3CC5)c2)cc1. The van der Waals surface area contributed by atoms with E-state index in [-0.39, 0.29) is 0 Å². The topological polar surface area (TPSA) is 9.86 Å². The Morgan fingerprint density at radius 1 is 0.266 bits per heavy atom. The first-order valence-electron chi connectivity index (χ1n) is 22.4. The molecule has 2 heterocycles. The number of benzene rings is 10. The fourth-order valence-corrected chi connectivity index (χ4v) is 10.6. The van der Waals surface area contributed by atoms with E-state index in [1.165, 1.54) is 116 Å². The highest BCUT2D eigenvalue weighted by Gasteiger charge is 2.26. The summed E-state index contributed by atoms with van der Waals surface area (Å²) in [5, 5.41) is 5.15. The van der Waals surface area contributed by atoms with Crippen LogP contribution >= 0.6 is 0 Å². The van der Waals surface area contributed by atoms with Gasteiger partial charge < -0.3 is 9.13 Å². The van der Waals surface area contributed by atoms with Gasteiger partial charge in [0.25, 0.3) is 0 Å². The zero-order valence-corrected chi connectivity index (χ0v) is 35.2. The van der Waals surface area contributed by atoms with Gasteiger partial charge in [-0.25, -0.2) is 0 Å². The van der Waals surface area contributed by atoms with E-state index in [4.69, 9.17) is 0 Å². The van der Waals surface area contributed by atoms with E-state index >= 15 is 0 Å². The van der Waals surface area contributed by atoms with E-state index in [1.807, 2.05) is 0 Å². The predicted molar refractivity (Wildman–Crippen MR) is 270 cm³/mol. The summed E-state index contributed by atoms with van der Waals surface area (Å²) in [4.78, 5) is 0. The molecule has 0 unspecified atom stereocenters. The molecule has 0 aliphatic heterocycles. The van der Waals surface area contributed by atoms with Crippen molar-refractivity contribution in [2.24, 2.45) is 0 Å². The van der Waals surface area contributed by atoms with Crippen molar-refractivity contribution in [2.45, 2.75) is 12.8 Å². The molecule has 10 aromatic carbocycles. The largest absolute Gasteiger partial charge is 0.309 e. The predicted octanol–water partition coefficient (Wildman–Crippen LogP) is 16.3. The molecule has 0 amide bonds. The molecule has 0 N–H and O–H groups in total. The van der Waals surface area contributed by atoms with Gasteiger partial charge in [0.2, 0.25) is 0 Å². The monoisotopic (exact) mass is 814 g/mol. The van der Waals surface area contributed by atoms with Crippen LogP contribution in [0.15, 0.2) is 231 Å². The first kappa shape index (κ1) is 36.5. The van der Waals surface area contributed by atoms with Gasteiger partial charge in [0.1, 0.15) is 0 Å². The van der Waals surface area contributed by atoms with Crippen molar-refractivity contribution in [3.8, 4) is 67.0 Å². The maximum atomic E-state index is 2.56. The second-order valence-corrected chi connectivity index (χ2v) is 17.2. The quantitative estimate of drug-likeness (QED) is 0.158.